The Morgan fingerprint density at radius 2 is 1.69 bits per heavy atom. The van der Waals surface area contributed by atoms with Crippen LogP contribution in [-0.2, 0) is 0 Å². The summed E-state index contributed by atoms with van der Waals surface area (Å²) in [6.45, 7) is 12.7. The van der Waals surface area contributed by atoms with Gasteiger partial charge in [-0.25, -0.2) is 0 Å². The minimum Gasteiger partial charge on any atom is -0.315 e. The van der Waals surface area contributed by atoms with Crippen LogP contribution in [0.1, 0.15) is 73.1 Å². The van der Waals surface area contributed by atoms with Gasteiger partial charge in [0.15, 0.2) is 0 Å². The lowest BCUT2D eigenvalue weighted by Crippen LogP contribution is -2.25. The molecule has 16 heavy (non-hydrogen) atoms. The van der Waals surface area contributed by atoms with Gasteiger partial charge >= 0.3 is 0 Å². The lowest BCUT2D eigenvalue weighted by atomic mass is 9.88. The van der Waals surface area contributed by atoms with E-state index in [2.05, 4.69) is 39.9 Å². The first kappa shape index (κ1) is 16.0. The highest BCUT2D eigenvalue weighted by Gasteiger charge is 2.11. The summed E-state index contributed by atoms with van der Waals surface area (Å²) in [4.78, 5) is 0. The first-order chi connectivity index (χ1) is 7.60. The molecule has 0 aromatic carbocycles. The molecule has 0 amide bonds. The van der Waals surface area contributed by atoms with Crippen molar-refractivity contribution in [2.75, 3.05) is 6.54 Å². The first-order valence-electron chi connectivity index (χ1n) is 7.33. The highest BCUT2D eigenvalue weighted by molar-refractivity contribution is 4.64. The fourth-order valence-corrected chi connectivity index (χ4v) is 2.29. The average molecular weight is 227 g/mol. The Morgan fingerprint density at radius 1 is 1.00 bits per heavy atom. The van der Waals surface area contributed by atoms with E-state index >= 15 is 0 Å². The summed E-state index contributed by atoms with van der Waals surface area (Å²) in [6, 6.07) is 0.634. The monoisotopic (exact) mass is 227 g/mol. The third-order valence-corrected chi connectivity index (χ3v) is 3.47. The van der Waals surface area contributed by atoms with Crippen LogP contribution < -0.4 is 5.32 Å². The number of rotatable bonds is 10. The molecular weight excluding hydrogens is 194 g/mol. The van der Waals surface area contributed by atoms with Gasteiger partial charge in [0.05, 0.1) is 0 Å². The summed E-state index contributed by atoms with van der Waals surface area (Å²) < 4.78 is 0. The molecule has 1 nitrogen and oxygen atoms in total. The Balaban J connectivity index is 3.60. The Bertz CT molecular complexity index is 142. The van der Waals surface area contributed by atoms with Gasteiger partial charge in [-0.1, -0.05) is 60.3 Å². The van der Waals surface area contributed by atoms with Crippen molar-refractivity contribution >= 4 is 0 Å². The fraction of sp³-hybridized carbons (Fsp3) is 1.00. The maximum absolute atomic E-state index is 3.51. The van der Waals surface area contributed by atoms with Crippen LogP contribution >= 0.6 is 0 Å². The number of hydrogen-bond donors (Lipinski definition) is 1. The standard InChI is InChI=1S/C15H33N/c1-6-8-9-15(7-2)12-14(5)10-11-16-13(3)4/h13-16H,6-12H2,1-5H3. The number of nitrogens with one attached hydrogen (secondary N) is 1. The first-order valence-corrected chi connectivity index (χ1v) is 7.33. The van der Waals surface area contributed by atoms with Crippen molar-refractivity contribution in [3.63, 3.8) is 0 Å². The van der Waals surface area contributed by atoms with Gasteiger partial charge < -0.3 is 5.32 Å². The fourth-order valence-electron chi connectivity index (χ4n) is 2.29. The number of hydrogen-bond acceptors (Lipinski definition) is 1. The van der Waals surface area contributed by atoms with Crippen LogP contribution in [0.3, 0.4) is 0 Å². The van der Waals surface area contributed by atoms with Crippen molar-refractivity contribution in [1.29, 1.82) is 0 Å². The van der Waals surface area contributed by atoms with E-state index in [1.807, 2.05) is 0 Å². The van der Waals surface area contributed by atoms with E-state index in [4.69, 9.17) is 0 Å². The largest absolute Gasteiger partial charge is 0.315 e. The lowest BCUT2D eigenvalue weighted by molar-refractivity contribution is 0.334. The molecule has 0 heterocycles. The van der Waals surface area contributed by atoms with Crippen molar-refractivity contribution in [1.82, 2.24) is 5.32 Å². The van der Waals surface area contributed by atoms with Crippen LogP contribution in [0.15, 0.2) is 0 Å². The maximum atomic E-state index is 3.51. The molecule has 1 N–H and O–H groups in total. The van der Waals surface area contributed by atoms with Gasteiger partial charge in [-0.05, 0) is 31.2 Å². The van der Waals surface area contributed by atoms with Gasteiger partial charge in [0.25, 0.3) is 0 Å². The molecule has 0 rings (SSSR count). The third kappa shape index (κ3) is 9.21. The van der Waals surface area contributed by atoms with E-state index < -0.39 is 0 Å². The highest BCUT2D eigenvalue weighted by Crippen LogP contribution is 2.22. The van der Waals surface area contributed by atoms with E-state index in [9.17, 15) is 0 Å². The summed E-state index contributed by atoms with van der Waals surface area (Å²) in [5.74, 6) is 1.85. The minimum atomic E-state index is 0.634. The smallest absolute Gasteiger partial charge is 0.00103 e. The predicted octanol–water partition coefficient (Wildman–Crippen LogP) is 4.62. The molecule has 0 spiro atoms. The molecule has 98 valence electrons. The average Bonchev–Trinajstić information content (AvgIpc) is 2.23. The second-order valence-corrected chi connectivity index (χ2v) is 5.65. The van der Waals surface area contributed by atoms with Crippen LogP contribution in [0.5, 0.6) is 0 Å². The Labute approximate surface area is 103 Å². The molecule has 2 atom stereocenters. The summed E-state index contributed by atoms with van der Waals surface area (Å²) >= 11 is 0. The molecule has 0 aliphatic rings. The molecule has 0 aliphatic heterocycles. The molecule has 0 saturated carbocycles. The minimum absolute atomic E-state index is 0.634. The molecule has 2 unspecified atom stereocenters. The molecule has 0 aromatic rings. The van der Waals surface area contributed by atoms with E-state index in [1.54, 1.807) is 0 Å². The van der Waals surface area contributed by atoms with Crippen LogP contribution in [0.4, 0.5) is 0 Å². The zero-order valence-electron chi connectivity index (χ0n) is 12.2. The summed E-state index contributed by atoms with van der Waals surface area (Å²) in [5, 5.41) is 3.51. The van der Waals surface area contributed by atoms with Crippen LogP contribution in [0, 0.1) is 11.8 Å². The van der Waals surface area contributed by atoms with Crippen LogP contribution in [0.25, 0.3) is 0 Å². The van der Waals surface area contributed by atoms with Gasteiger partial charge in [-0.2, -0.15) is 0 Å². The van der Waals surface area contributed by atoms with Crippen molar-refractivity contribution in [2.45, 2.75) is 79.2 Å². The molecule has 0 saturated heterocycles. The summed E-state index contributed by atoms with van der Waals surface area (Å²) in [6.07, 6.45) is 8.32. The van der Waals surface area contributed by atoms with Gasteiger partial charge in [0.1, 0.15) is 0 Å². The van der Waals surface area contributed by atoms with Crippen LogP contribution in [0.2, 0.25) is 0 Å². The predicted molar refractivity (Wildman–Crippen MR) is 74.8 cm³/mol. The van der Waals surface area contributed by atoms with Crippen molar-refractivity contribution < 1.29 is 0 Å². The molecule has 1 heteroatoms. The van der Waals surface area contributed by atoms with Gasteiger partial charge in [0.2, 0.25) is 0 Å². The quantitative estimate of drug-likeness (QED) is 0.574. The molecule has 0 aromatic heterocycles. The second kappa shape index (κ2) is 10.1. The summed E-state index contributed by atoms with van der Waals surface area (Å²) in [7, 11) is 0. The van der Waals surface area contributed by atoms with Crippen molar-refractivity contribution in [3.05, 3.63) is 0 Å². The number of unbranched alkanes of at least 4 members (excludes halogenated alkanes) is 1. The lowest BCUT2D eigenvalue weighted by Gasteiger charge is -2.20. The Kier molecular flexibility index (Phi) is 10.1. The third-order valence-electron chi connectivity index (χ3n) is 3.47. The van der Waals surface area contributed by atoms with E-state index in [1.165, 1.54) is 45.1 Å². The van der Waals surface area contributed by atoms with Crippen molar-refractivity contribution in [2.24, 2.45) is 11.8 Å². The Hall–Kier alpha value is -0.0400. The van der Waals surface area contributed by atoms with E-state index in [0.29, 0.717) is 6.04 Å². The normalized spacial score (nSPS) is 15.4. The van der Waals surface area contributed by atoms with E-state index in [-0.39, 0.29) is 0 Å². The topological polar surface area (TPSA) is 12.0 Å². The molecule has 0 fully saturated rings. The second-order valence-electron chi connectivity index (χ2n) is 5.65. The Morgan fingerprint density at radius 3 is 2.19 bits per heavy atom. The van der Waals surface area contributed by atoms with Gasteiger partial charge in [-0.15, -0.1) is 0 Å². The van der Waals surface area contributed by atoms with Gasteiger partial charge in [0, 0.05) is 6.04 Å². The molecule has 0 radical (unpaired) electrons. The van der Waals surface area contributed by atoms with Crippen LogP contribution in [-0.4, -0.2) is 12.6 Å². The zero-order chi connectivity index (χ0) is 12.4. The maximum Gasteiger partial charge on any atom is 0.00103 e. The summed E-state index contributed by atoms with van der Waals surface area (Å²) in [5.41, 5.74) is 0. The van der Waals surface area contributed by atoms with Crippen molar-refractivity contribution in [3.8, 4) is 0 Å². The van der Waals surface area contributed by atoms with Gasteiger partial charge in [-0.3, -0.25) is 0 Å². The molecule has 0 bridgehead atoms. The molecular formula is C15H33N. The highest BCUT2D eigenvalue weighted by atomic mass is 14.9. The van der Waals surface area contributed by atoms with E-state index in [0.717, 1.165) is 11.8 Å². The SMILES string of the molecule is CCCCC(CC)CC(C)CCNC(C)C. The molecule has 0 aliphatic carbocycles. The zero-order valence-corrected chi connectivity index (χ0v) is 12.2.